The molecule has 2 rings (SSSR count). The first-order valence-electron chi connectivity index (χ1n) is 7.21. The molecule has 20 heavy (non-hydrogen) atoms. The van der Waals surface area contributed by atoms with Crippen molar-refractivity contribution >= 4 is 12.1 Å². The highest BCUT2D eigenvalue weighted by Crippen LogP contribution is 2.28. The van der Waals surface area contributed by atoms with E-state index in [1.807, 2.05) is 24.3 Å². The summed E-state index contributed by atoms with van der Waals surface area (Å²) in [5, 5.41) is 3.95. The molecule has 0 saturated heterocycles. The number of hydrogen-bond acceptors (Lipinski definition) is 3. The van der Waals surface area contributed by atoms with Crippen molar-refractivity contribution in [3.63, 3.8) is 0 Å². The number of carbonyl (C=O) groups excluding carboxylic acids is 1. The molecule has 1 N–H and O–H groups in total. The summed E-state index contributed by atoms with van der Waals surface area (Å²) in [4.78, 5) is 11.4. The molecule has 0 aliphatic heterocycles. The van der Waals surface area contributed by atoms with Gasteiger partial charge in [0.1, 0.15) is 5.75 Å². The summed E-state index contributed by atoms with van der Waals surface area (Å²) < 4.78 is 5.64. The molecule has 0 unspecified atom stereocenters. The Kier molecular flexibility index (Phi) is 5.16. The second-order valence-corrected chi connectivity index (χ2v) is 5.61. The molecule has 108 valence electrons. The maximum absolute atomic E-state index is 11.4. The van der Waals surface area contributed by atoms with Crippen LogP contribution in [0.3, 0.4) is 0 Å². The monoisotopic (exact) mass is 274 g/mol. The van der Waals surface area contributed by atoms with Crippen LogP contribution in [0.25, 0.3) is 0 Å². The van der Waals surface area contributed by atoms with Gasteiger partial charge in [-0.05, 0) is 55.0 Å². The normalized spacial score (nSPS) is 14.8. The average molecular weight is 274 g/mol. The molecule has 0 bridgehead atoms. The van der Waals surface area contributed by atoms with Crippen LogP contribution < -0.4 is 10.2 Å². The summed E-state index contributed by atoms with van der Waals surface area (Å²) in [6, 6.07) is 7.70. The van der Waals surface area contributed by atoms with E-state index >= 15 is 0 Å². The number of amides is 1. The third-order valence-corrected chi connectivity index (χ3v) is 3.18. The molecule has 1 fully saturated rings. The number of hydrazone groups is 1. The van der Waals surface area contributed by atoms with Crippen molar-refractivity contribution in [2.45, 2.75) is 33.1 Å². The summed E-state index contributed by atoms with van der Waals surface area (Å²) in [6.45, 7) is 5.10. The van der Waals surface area contributed by atoms with Crippen LogP contribution >= 0.6 is 0 Å². The first kappa shape index (κ1) is 14.6. The van der Waals surface area contributed by atoms with Gasteiger partial charge in [0, 0.05) is 5.92 Å². The van der Waals surface area contributed by atoms with E-state index in [0.29, 0.717) is 5.92 Å². The molecule has 0 atom stereocenters. The molecular weight excluding hydrogens is 252 g/mol. The Hall–Kier alpha value is -1.84. The van der Waals surface area contributed by atoms with Crippen LogP contribution in [-0.2, 0) is 4.79 Å². The molecule has 0 aromatic heterocycles. The summed E-state index contributed by atoms with van der Waals surface area (Å²) in [5.41, 5.74) is 3.50. The van der Waals surface area contributed by atoms with Gasteiger partial charge in [0.2, 0.25) is 5.91 Å². The largest absolute Gasteiger partial charge is 0.494 e. The van der Waals surface area contributed by atoms with Gasteiger partial charge in [-0.15, -0.1) is 0 Å². The minimum absolute atomic E-state index is 0.0230. The Morgan fingerprint density at radius 2 is 2.10 bits per heavy atom. The molecule has 4 heteroatoms. The number of nitrogens with one attached hydrogen (secondary N) is 1. The number of carbonyl (C=O) groups is 1. The van der Waals surface area contributed by atoms with Gasteiger partial charge in [-0.1, -0.05) is 13.8 Å². The van der Waals surface area contributed by atoms with E-state index in [1.165, 1.54) is 0 Å². The quantitative estimate of drug-likeness (QED) is 0.614. The van der Waals surface area contributed by atoms with Crippen molar-refractivity contribution in [2.75, 3.05) is 6.61 Å². The predicted octanol–water partition coefficient (Wildman–Crippen LogP) is 2.97. The zero-order valence-electron chi connectivity index (χ0n) is 12.1. The van der Waals surface area contributed by atoms with Gasteiger partial charge in [0.05, 0.1) is 12.8 Å². The van der Waals surface area contributed by atoms with E-state index in [-0.39, 0.29) is 11.8 Å². The van der Waals surface area contributed by atoms with E-state index < -0.39 is 0 Å². The van der Waals surface area contributed by atoms with Crippen LogP contribution in [0.2, 0.25) is 0 Å². The first-order chi connectivity index (χ1) is 9.65. The van der Waals surface area contributed by atoms with Crippen LogP contribution in [0.4, 0.5) is 0 Å². The highest BCUT2D eigenvalue weighted by atomic mass is 16.5. The molecule has 4 nitrogen and oxygen atoms in total. The Bertz CT molecular complexity index is 462. The fourth-order valence-electron chi connectivity index (χ4n) is 1.67. The lowest BCUT2D eigenvalue weighted by Crippen LogP contribution is -2.18. The second-order valence-electron chi connectivity index (χ2n) is 5.61. The van der Waals surface area contributed by atoms with E-state index in [9.17, 15) is 4.79 Å². The first-order valence-corrected chi connectivity index (χ1v) is 7.21. The van der Waals surface area contributed by atoms with Gasteiger partial charge in [-0.2, -0.15) is 5.10 Å². The third-order valence-electron chi connectivity index (χ3n) is 3.18. The molecule has 1 aliphatic carbocycles. The minimum atomic E-state index is 0.0230. The van der Waals surface area contributed by atoms with Crippen LogP contribution in [0.1, 0.15) is 38.7 Å². The van der Waals surface area contributed by atoms with Crippen molar-refractivity contribution in [2.24, 2.45) is 16.9 Å². The number of rotatable bonds is 7. The predicted molar refractivity (Wildman–Crippen MR) is 79.9 cm³/mol. The SMILES string of the molecule is CC(C)CCOc1ccc(/C=N\NC(=O)C2CC2)cc1. The highest BCUT2D eigenvalue weighted by molar-refractivity contribution is 5.84. The molecular formula is C16H22N2O2. The lowest BCUT2D eigenvalue weighted by molar-refractivity contribution is -0.122. The maximum atomic E-state index is 11.4. The number of ether oxygens (including phenoxy) is 1. The number of nitrogens with zero attached hydrogens (tertiary/aromatic N) is 1. The van der Waals surface area contributed by atoms with E-state index in [1.54, 1.807) is 6.21 Å². The lowest BCUT2D eigenvalue weighted by Gasteiger charge is -2.07. The minimum Gasteiger partial charge on any atom is -0.494 e. The molecule has 1 amide bonds. The van der Waals surface area contributed by atoms with Gasteiger partial charge >= 0.3 is 0 Å². The van der Waals surface area contributed by atoms with Crippen LogP contribution in [0.5, 0.6) is 5.75 Å². The van der Waals surface area contributed by atoms with Gasteiger partial charge in [0.25, 0.3) is 0 Å². The van der Waals surface area contributed by atoms with Crippen molar-refractivity contribution in [3.05, 3.63) is 29.8 Å². The summed E-state index contributed by atoms with van der Waals surface area (Å²) in [6.07, 6.45) is 4.68. The highest BCUT2D eigenvalue weighted by Gasteiger charge is 2.29. The smallest absolute Gasteiger partial charge is 0.243 e. The third kappa shape index (κ3) is 5.03. The summed E-state index contributed by atoms with van der Waals surface area (Å²) in [5.74, 6) is 1.72. The fourth-order valence-corrected chi connectivity index (χ4v) is 1.67. The molecule has 0 radical (unpaired) electrons. The molecule has 1 aromatic carbocycles. The molecule has 1 aliphatic rings. The zero-order valence-corrected chi connectivity index (χ0v) is 12.1. The van der Waals surface area contributed by atoms with Crippen LogP contribution in [0.15, 0.2) is 29.4 Å². The van der Waals surface area contributed by atoms with Gasteiger partial charge in [0.15, 0.2) is 0 Å². The van der Waals surface area contributed by atoms with E-state index in [4.69, 9.17) is 4.74 Å². The zero-order chi connectivity index (χ0) is 14.4. The van der Waals surface area contributed by atoms with Crippen LogP contribution in [0, 0.1) is 11.8 Å². The van der Waals surface area contributed by atoms with Crippen molar-refractivity contribution < 1.29 is 9.53 Å². The molecule has 0 spiro atoms. The van der Waals surface area contributed by atoms with E-state index in [0.717, 1.165) is 37.2 Å². The standard InChI is InChI=1S/C16H22N2O2/c1-12(2)9-10-20-15-7-3-13(4-8-15)11-17-18-16(19)14-5-6-14/h3-4,7-8,11-12,14H,5-6,9-10H2,1-2H3,(H,18,19)/b17-11-. The van der Waals surface area contributed by atoms with Gasteiger partial charge in [-0.25, -0.2) is 5.43 Å². The number of benzene rings is 1. The lowest BCUT2D eigenvalue weighted by atomic mass is 10.1. The topological polar surface area (TPSA) is 50.7 Å². The summed E-state index contributed by atoms with van der Waals surface area (Å²) >= 11 is 0. The Morgan fingerprint density at radius 3 is 2.70 bits per heavy atom. The van der Waals surface area contributed by atoms with Crippen molar-refractivity contribution in [1.29, 1.82) is 0 Å². The number of hydrogen-bond donors (Lipinski definition) is 1. The fraction of sp³-hybridized carbons (Fsp3) is 0.500. The Morgan fingerprint density at radius 1 is 1.40 bits per heavy atom. The second kappa shape index (κ2) is 7.08. The van der Waals surface area contributed by atoms with Crippen molar-refractivity contribution in [3.8, 4) is 5.75 Å². The Balaban J connectivity index is 1.75. The van der Waals surface area contributed by atoms with Crippen molar-refractivity contribution in [1.82, 2.24) is 5.43 Å². The van der Waals surface area contributed by atoms with Gasteiger partial charge < -0.3 is 4.74 Å². The van der Waals surface area contributed by atoms with Crippen LogP contribution in [-0.4, -0.2) is 18.7 Å². The maximum Gasteiger partial charge on any atom is 0.243 e. The Labute approximate surface area is 120 Å². The van der Waals surface area contributed by atoms with Gasteiger partial charge in [-0.3, -0.25) is 4.79 Å². The average Bonchev–Trinajstić information content (AvgIpc) is 3.24. The molecule has 1 saturated carbocycles. The summed E-state index contributed by atoms with van der Waals surface area (Å²) in [7, 11) is 0. The van der Waals surface area contributed by atoms with E-state index in [2.05, 4.69) is 24.4 Å². The molecule has 1 aromatic rings. The molecule has 0 heterocycles.